The Labute approximate surface area is 202 Å². The van der Waals surface area contributed by atoms with E-state index in [2.05, 4.69) is 15.5 Å². The number of azo groups is 1. The molecule has 0 saturated heterocycles. The summed E-state index contributed by atoms with van der Waals surface area (Å²) in [7, 11) is 1.57. The topological polar surface area (TPSA) is 105 Å². The highest BCUT2D eigenvalue weighted by atomic mass is 16.5. The predicted octanol–water partition coefficient (Wildman–Crippen LogP) is 4.57. The van der Waals surface area contributed by atoms with Crippen LogP contribution >= 0.6 is 0 Å². The molecule has 0 atom stereocenters. The van der Waals surface area contributed by atoms with Gasteiger partial charge < -0.3 is 19.7 Å². The Morgan fingerprint density at radius 2 is 1.66 bits per heavy atom. The number of benzene rings is 3. The summed E-state index contributed by atoms with van der Waals surface area (Å²) in [6.07, 6.45) is 0.854. The van der Waals surface area contributed by atoms with Gasteiger partial charge in [0, 0.05) is 11.9 Å². The van der Waals surface area contributed by atoms with Crippen LogP contribution in [0.2, 0.25) is 0 Å². The van der Waals surface area contributed by atoms with E-state index in [1.165, 1.54) is 0 Å². The first-order valence-electron chi connectivity index (χ1n) is 11.2. The molecule has 0 aliphatic rings. The third kappa shape index (κ3) is 5.92. The first kappa shape index (κ1) is 23.7. The van der Waals surface area contributed by atoms with Crippen LogP contribution in [0.3, 0.4) is 0 Å². The van der Waals surface area contributed by atoms with Gasteiger partial charge in [-0.2, -0.15) is 0 Å². The van der Waals surface area contributed by atoms with Crippen molar-refractivity contribution in [2.45, 2.75) is 19.4 Å². The summed E-state index contributed by atoms with van der Waals surface area (Å²) in [5, 5.41) is 21.8. The van der Waals surface area contributed by atoms with Gasteiger partial charge in [-0.25, -0.2) is 0 Å². The quantitative estimate of drug-likeness (QED) is 0.350. The minimum Gasteiger partial charge on any atom is -0.497 e. The number of fused-ring (bicyclic) bond motifs is 1. The number of amides is 2. The molecule has 2 amide bonds. The van der Waals surface area contributed by atoms with E-state index in [4.69, 9.17) is 4.74 Å². The maximum absolute atomic E-state index is 12.2. The molecule has 8 nitrogen and oxygen atoms in total. The molecule has 0 aliphatic carbocycles. The van der Waals surface area contributed by atoms with Gasteiger partial charge in [0.2, 0.25) is 11.8 Å². The van der Waals surface area contributed by atoms with Crippen LogP contribution in [0.1, 0.15) is 11.1 Å². The SMILES string of the molecule is COc1ccc(CC(=O)NCC(=O)N=Nc2c(O)n(CCc3ccccc3)c3ccccc23)cc1. The first-order chi connectivity index (χ1) is 17.0. The molecule has 2 N–H and O–H groups in total. The van der Waals surface area contributed by atoms with Crippen LogP contribution < -0.4 is 10.1 Å². The Hall–Kier alpha value is -4.46. The summed E-state index contributed by atoms with van der Waals surface area (Å²) in [6, 6.07) is 24.5. The largest absolute Gasteiger partial charge is 0.497 e. The van der Waals surface area contributed by atoms with Gasteiger partial charge in [0.05, 0.1) is 19.0 Å². The van der Waals surface area contributed by atoms with Gasteiger partial charge in [-0.1, -0.05) is 60.7 Å². The third-order valence-corrected chi connectivity index (χ3v) is 5.61. The number of rotatable bonds is 9. The summed E-state index contributed by atoms with van der Waals surface area (Å²) >= 11 is 0. The molecule has 35 heavy (non-hydrogen) atoms. The number of carbonyl (C=O) groups is 2. The first-order valence-corrected chi connectivity index (χ1v) is 11.2. The molecule has 0 spiro atoms. The molecule has 4 aromatic rings. The number of aryl methyl sites for hydroxylation is 2. The zero-order chi connectivity index (χ0) is 24.6. The monoisotopic (exact) mass is 470 g/mol. The van der Waals surface area contributed by atoms with Gasteiger partial charge in [-0.05, 0) is 35.7 Å². The predicted molar refractivity (Wildman–Crippen MR) is 133 cm³/mol. The van der Waals surface area contributed by atoms with Crippen molar-refractivity contribution in [3.05, 3.63) is 90.0 Å². The Balaban J connectivity index is 1.40. The molecule has 8 heteroatoms. The molecule has 1 heterocycles. The number of methoxy groups -OCH3 is 1. The Morgan fingerprint density at radius 1 is 0.943 bits per heavy atom. The molecule has 0 bridgehead atoms. The van der Waals surface area contributed by atoms with Gasteiger partial charge in [-0.3, -0.25) is 9.59 Å². The van der Waals surface area contributed by atoms with Gasteiger partial charge in [-0.15, -0.1) is 10.2 Å². The third-order valence-electron chi connectivity index (χ3n) is 5.61. The lowest BCUT2D eigenvalue weighted by molar-refractivity contribution is -0.124. The normalized spacial score (nSPS) is 11.1. The number of carbonyl (C=O) groups excluding carboxylic acids is 2. The van der Waals surface area contributed by atoms with Crippen LogP contribution in [0.5, 0.6) is 11.6 Å². The van der Waals surface area contributed by atoms with Gasteiger partial charge in [0.15, 0.2) is 5.69 Å². The van der Waals surface area contributed by atoms with Gasteiger partial charge in [0.25, 0.3) is 5.91 Å². The fourth-order valence-electron chi connectivity index (χ4n) is 3.79. The highest BCUT2D eigenvalue weighted by Gasteiger charge is 2.17. The van der Waals surface area contributed by atoms with Crippen molar-refractivity contribution in [2.24, 2.45) is 10.2 Å². The number of hydrogen-bond acceptors (Lipinski definition) is 5. The van der Waals surface area contributed by atoms with Crippen molar-refractivity contribution in [3.63, 3.8) is 0 Å². The van der Waals surface area contributed by atoms with Crippen LogP contribution in [0.25, 0.3) is 10.9 Å². The van der Waals surface area contributed by atoms with Crippen LogP contribution in [-0.4, -0.2) is 35.1 Å². The molecular formula is C27H26N4O4. The van der Waals surface area contributed by atoms with Crippen molar-refractivity contribution < 1.29 is 19.4 Å². The molecule has 0 saturated carbocycles. The number of aromatic hydroxyl groups is 1. The average Bonchev–Trinajstić information content (AvgIpc) is 3.16. The Bertz CT molecular complexity index is 1350. The van der Waals surface area contributed by atoms with E-state index in [1.54, 1.807) is 35.9 Å². The lowest BCUT2D eigenvalue weighted by atomic mass is 10.1. The van der Waals surface area contributed by atoms with Crippen LogP contribution in [0, 0.1) is 0 Å². The Morgan fingerprint density at radius 3 is 2.40 bits per heavy atom. The van der Waals surface area contributed by atoms with Crippen LogP contribution in [0.4, 0.5) is 5.69 Å². The number of para-hydroxylation sites is 1. The van der Waals surface area contributed by atoms with Crippen molar-refractivity contribution >= 4 is 28.4 Å². The summed E-state index contributed by atoms with van der Waals surface area (Å²) < 4.78 is 6.86. The molecule has 0 radical (unpaired) electrons. The standard InChI is InChI=1S/C27H26N4O4/c1-35-21-13-11-20(12-14-21)17-24(32)28-18-25(33)29-30-26-22-9-5-6-10-23(22)31(27(26)34)16-15-19-7-3-2-4-8-19/h2-14,34H,15-18H2,1H3,(H,28,32). The zero-order valence-corrected chi connectivity index (χ0v) is 19.3. The van der Waals surface area contributed by atoms with Crippen molar-refractivity contribution in [1.29, 1.82) is 0 Å². The summed E-state index contributed by atoms with van der Waals surface area (Å²) in [4.78, 5) is 24.4. The van der Waals surface area contributed by atoms with Crippen molar-refractivity contribution in [1.82, 2.24) is 9.88 Å². The Kier molecular flexibility index (Phi) is 7.52. The van der Waals surface area contributed by atoms with Crippen molar-refractivity contribution in [3.8, 4) is 11.6 Å². The maximum Gasteiger partial charge on any atom is 0.283 e. The van der Waals surface area contributed by atoms with E-state index in [9.17, 15) is 14.7 Å². The maximum atomic E-state index is 12.2. The summed E-state index contributed by atoms with van der Waals surface area (Å²) in [5.74, 6) is -0.274. The number of nitrogens with zero attached hydrogens (tertiary/aromatic N) is 3. The molecule has 0 fully saturated rings. The van der Waals surface area contributed by atoms with Gasteiger partial charge >= 0.3 is 0 Å². The number of hydrogen-bond donors (Lipinski definition) is 2. The minimum atomic E-state index is -0.617. The molecule has 1 aromatic heterocycles. The van der Waals surface area contributed by atoms with E-state index >= 15 is 0 Å². The fraction of sp³-hybridized carbons (Fsp3) is 0.185. The van der Waals surface area contributed by atoms with Crippen LogP contribution in [0.15, 0.2) is 89.1 Å². The van der Waals surface area contributed by atoms with Crippen LogP contribution in [-0.2, 0) is 29.0 Å². The molecule has 178 valence electrons. The number of ether oxygens (including phenoxy) is 1. The lowest BCUT2D eigenvalue weighted by Crippen LogP contribution is -2.29. The molecule has 0 unspecified atom stereocenters. The second kappa shape index (κ2) is 11.1. The molecule has 0 aliphatic heterocycles. The van der Waals surface area contributed by atoms with E-state index in [-0.39, 0.29) is 30.4 Å². The van der Waals surface area contributed by atoms with E-state index in [0.717, 1.165) is 23.1 Å². The van der Waals surface area contributed by atoms with E-state index in [0.29, 0.717) is 17.7 Å². The summed E-state index contributed by atoms with van der Waals surface area (Å²) in [5.41, 5.74) is 2.97. The molecular weight excluding hydrogens is 444 g/mol. The fourth-order valence-corrected chi connectivity index (χ4v) is 3.79. The smallest absolute Gasteiger partial charge is 0.283 e. The summed E-state index contributed by atoms with van der Waals surface area (Å²) in [6.45, 7) is 0.257. The lowest BCUT2D eigenvalue weighted by Gasteiger charge is -2.07. The number of aromatic nitrogens is 1. The van der Waals surface area contributed by atoms with Gasteiger partial charge in [0.1, 0.15) is 12.3 Å². The van der Waals surface area contributed by atoms with Crippen molar-refractivity contribution in [2.75, 3.05) is 13.7 Å². The van der Waals surface area contributed by atoms with E-state index in [1.807, 2.05) is 54.6 Å². The zero-order valence-electron chi connectivity index (χ0n) is 19.3. The number of nitrogens with one attached hydrogen (secondary N) is 1. The molecule has 4 rings (SSSR count). The minimum absolute atomic E-state index is 0.0535. The highest BCUT2D eigenvalue weighted by molar-refractivity contribution is 5.95. The van der Waals surface area contributed by atoms with E-state index < -0.39 is 5.91 Å². The highest BCUT2D eigenvalue weighted by Crippen LogP contribution is 2.38. The second-order valence-corrected chi connectivity index (χ2v) is 7.97. The molecule has 3 aromatic carbocycles. The average molecular weight is 471 g/mol. The second-order valence-electron chi connectivity index (χ2n) is 7.97.